The van der Waals surface area contributed by atoms with Gasteiger partial charge >= 0.3 is 6.09 Å². The predicted octanol–water partition coefficient (Wildman–Crippen LogP) is 2.88. The zero-order chi connectivity index (χ0) is 21.8. The summed E-state index contributed by atoms with van der Waals surface area (Å²) < 4.78 is 20.7. The number of piperazine rings is 1. The Morgan fingerprint density at radius 1 is 1.20 bits per heavy atom. The quantitative estimate of drug-likeness (QED) is 0.810. The Morgan fingerprint density at radius 3 is 2.50 bits per heavy atom. The van der Waals surface area contributed by atoms with Gasteiger partial charge in [0.1, 0.15) is 11.6 Å². The second-order valence-corrected chi connectivity index (χ2v) is 7.31. The van der Waals surface area contributed by atoms with Crippen LogP contribution in [0.15, 0.2) is 35.1 Å². The van der Waals surface area contributed by atoms with E-state index >= 15 is 0 Å². The summed E-state index contributed by atoms with van der Waals surface area (Å²) in [4.78, 5) is 28.9. The van der Waals surface area contributed by atoms with Crippen molar-refractivity contribution < 1.29 is 19.0 Å². The third-order valence-electron chi connectivity index (χ3n) is 5.48. The highest BCUT2D eigenvalue weighted by Gasteiger charge is 2.32. The van der Waals surface area contributed by atoms with Gasteiger partial charge in [0.15, 0.2) is 0 Å². The van der Waals surface area contributed by atoms with Crippen LogP contribution < -0.4 is 5.56 Å². The van der Waals surface area contributed by atoms with Gasteiger partial charge in [-0.1, -0.05) is 12.1 Å². The average Bonchev–Trinajstić information content (AvgIpc) is 2.71. The van der Waals surface area contributed by atoms with Crippen LogP contribution in [0.3, 0.4) is 0 Å². The Labute approximate surface area is 175 Å². The van der Waals surface area contributed by atoms with Gasteiger partial charge in [0.25, 0.3) is 5.56 Å². The lowest BCUT2D eigenvalue weighted by molar-refractivity contribution is 0.0709. The molecule has 1 aromatic heterocycles. The molecule has 2 heterocycles. The summed E-state index contributed by atoms with van der Waals surface area (Å²) in [5, 5.41) is 10.7. The standard InChI is InChI=1S/C22H28FN3O4/c1-4-26-15(3)13-18(27)19(21(26)28)20(16-7-6-8-17(23)14-16)24-9-11-25(12-10-24)22(29)30-5-2/h6-8,13-14,20,27H,4-5,9-12H2,1-3H3. The van der Waals surface area contributed by atoms with E-state index in [0.717, 1.165) is 0 Å². The molecule has 1 atom stereocenters. The fourth-order valence-electron chi connectivity index (χ4n) is 4.03. The van der Waals surface area contributed by atoms with Crippen molar-refractivity contribution in [2.45, 2.75) is 33.4 Å². The van der Waals surface area contributed by atoms with Crippen LogP contribution in [-0.2, 0) is 11.3 Å². The first-order valence-electron chi connectivity index (χ1n) is 10.2. The summed E-state index contributed by atoms with van der Waals surface area (Å²) in [5.41, 5.74) is 1.17. The van der Waals surface area contributed by atoms with Crippen LogP contribution in [-0.4, -0.2) is 58.4 Å². The molecule has 1 aromatic carbocycles. The van der Waals surface area contributed by atoms with Gasteiger partial charge in [-0.2, -0.15) is 0 Å². The zero-order valence-electron chi connectivity index (χ0n) is 17.6. The van der Waals surface area contributed by atoms with Crippen LogP contribution in [0.2, 0.25) is 0 Å². The number of aryl methyl sites for hydroxylation is 1. The van der Waals surface area contributed by atoms with Gasteiger partial charge < -0.3 is 19.3 Å². The molecular formula is C22H28FN3O4. The van der Waals surface area contributed by atoms with E-state index in [1.165, 1.54) is 12.1 Å². The van der Waals surface area contributed by atoms with Gasteiger partial charge in [-0.05, 0) is 44.5 Å². The van der Waals surface area contributed by atoms with Gasteiger partial charge in [-0.15, -0.1) is 0 Å². The maximum absolute atomic E-state index is 14.0. The first-order valence-corrected chi connectivity index (χ1v) is 10.2. The van der Waals surface area contributed by atoms with E-state index in [0.29, 0.717) is 50.6 Å². The molecule has 7 nitrogen and oxygen atoms in total. The molecular weight excluding hydrogens is 389 g/mol. The number of rotatable bonds is 5. The number of benzene rings is 1. The van der Waals surface area contributed by atoms with Crippen molar-refractivity contribution in [1.29, 1.82) is 0 Å². The number of hydrogen-bond acceptors (Lipinski definition) is 5. The minimum Gasteiger partial charge on any atom is -0.507 e. The minimum atomic E-state index is -0.629. The third-order valence-corrected chi connectivity index (χ3v) is 5.48. The lowest BCUT2D eigenvalue weighted by Crippen LogP contribution is -2.50. The maximum Gasteiger partial charge on any atom is 0.409 e. The van der Waals surface area contributed by atoms with E-state index in [2.05, 4.69) is 0 Å². The second-order valence-electron chi connectivity index (χ2n) is 7.31. The number of nitrogens with zero attached hydrogens (tertiary/aromatic N) is 3. The molecule has 0 radical (unpaired) electrons. The fourth-order valence-corrected chi connectivity index (χ4v) is 4.03. The monoisotopic (exact) mass is 417 g/mol. The van der Waals surface area contributed by atoms with Crippen molar-refractivity contribution in [3.05, 3.63) is 63.3 Å². The molecule has 0 saturated carbocycles. The molecule has 1 amide bonds. The van der Waals surface area contributed by atoms with Crippen LogP contribution in [0.25, 0.3) is 0 Å². The number of pyridine rings is 1. The van der Waals surface area contributed by atoms with Gasteiger partial charge in [-0.25, -0.2) is 9.18 Å². The van der Waals surface area contributed by atoms with E-state index in [4.69, 9.17) is 4.74 Å². The van der Waals surface area contributed by atoms with Gasteiger partial charge in [0.05, 0.1) is 18.2 Å². The smallest absolute Gasteiger partial charge is 0.409 e. The van der Waals surface area contributed by atoms with E-state index in [1.807, 2.05) is 11.8 Å². The number of carbonyl (C=O) groups is 1. The van der Waals surface area contributed by atoms with Crippen LogP contribution in [0, 0.1) is 12.7 Å². The van der Waals surface area contributed by atoms with Crippen molar-refractivity contribution in [2.75, 3.05) is 32.8 Å². The summed E-state index contributed by atoms with van der Waals surface area (Å²) in [7, 11) is 0. The molecule has 1 aliphatic rings. The molecule has 1 aliphatic heterocycles. The molecule has 0 spiro atoms. The number of ether oxygens (including phenoxy) is 1. The van der Waals surface area contributed by atoms with E-state index in [-0.39, 0.29) is 23.0 Å². The van der Waals surface area contributed by atoms with Crippen molar-refractivity contribution >= 4 is 6.09 Å². The summed E-state index contributed by atoms with van der Waals surface area (Å²) >= 11 is 0. The van der Waals surface area contributed by atoms with Crippen molar-refractivity contribution in [1.82, 2.24) is 14.4 Å². The Balaban J connectivity index is 2.03. The number of halogens is 1. The number of hydrogen-bond donors (Lipinski definition) is 1. The van der Waals surface area contributed by atoms with Gasteiger partial charge in [0.2, 0.25) is 0 Å². The highest BCUT2D eigenvalue weighted by atomic mass is 19.1. The SMILES string of the molecule is CCOC(=O)N1CCN(C(c2cccc(F)c2)c2c(O)cc(C)n(CC)c2=O)CC1. The molecule has 2 aromatic rings. The second kappa shape index (κ2) is 9.30. The highest BCUT2D eigenvalue weighted by Crippen LogP contribution is 2.33. The summed E-state index contributed by atoms with van der Waals surface area (Å²) in [5.74, 6) is -0.519. The highest BCUT2D eigenvalue weighted by molar-refractivity contribution is 5.67. The molecule has 162 valence electrons. The Morgan fingerprint density at radius 2 is 1.90 bits per heavy atom. The normalized spacial score (nSPS) is 15.8. The topological polar surface area (TPSA) is 75.0 Å². The minimum absolute atomic E-state index is 0.107. The van der Waals surface area contributed by atoms with Crippen molar-refractivity contribution in [2.24, 2.45) is 0 Å². The van der Waals surface area contributed by atoms with Crippen LogP contribution in [0.1, 0.15) is 36.7 Å². The molecule has 1 fully saturated rings. The van der Waals surface area contributed by atoms with Gasteiger partial charge in [-0.3, -0.25) is 9.69 Å². The molecule has 1 N–H and O–H groups in total. The van der Waals surface area contributed by atoms with Crippen LogP contribution in [0.4, 0.5) is 9.18 Å². The molecule has 30 heavy (non-hydrogen) atoms. The number of aromatic hydroxyl groups is 1. The molecule has 1 unspecified atom stereocenters. The van der Waals surface area contributed by atoms with Crippen LogP contribution in [0.5, 0.6) is 5.75 Å². The van der Waals surface area contributed by atoms with Crippen molar-refractivity contribution in [3.8, 4) is 5.75 Å². The molecule has 3 rings (SSSR count). The molecule has 0 bridgehead atoms. The summed E-state index contributed by atoms with van der Waals surface area (Å²) in [6.07, 6.45) is -0.369. The largest absolute Gasteiger partial charge is 0.507 e. The number of aromatic nitrogens is 1. The Kier molecular flexibility index (Phi) is 6.77. The van der Waals surface area contributed by atoms with E-state index < -0.39 is 11.9 Å². The lowest BCUT2D eigenvalue weighted by atomic mass is 9.96. The fraction of sp³-hybridized carbons (Fsp3) is 0.455. The zero-order valence-corrected chi connectivity index (χ0v) is 17.6. The number of carbonyl (C=O) groups excluding carboxylic acids is 1. The van der Waals surface area contributed by atoms with E-state index in [1.54, 1.807) is 41.5 Å². The van der Waals surface area contributed by atoms with E-state index in [9.17, 15) is 19.1 Å². The average molecular weight is 417 g/mol. The molecule has 0 aliphatic carbocycles. The van der Waals surface area contributed by atoms with Crippen molar-refractivity contribution in [3.63, 3.8) is 0 Å². The molecule has 1 saturated heterocycles. The lowest BCUT2D eigenvalue weighted by Gasteiger charge is -2.39. The Hall–Kier alpha value is -2.87. The number of amides is 1. The van der Waals surface area contributed by atoms with Gasteiger partial charge in [0, 0.05) is 38.4 Å². The first kappa shape index (κ1) is 21.8. The first-order chi connectivity index (χ1) is 14.4. The Bertz CT molecular complexity index is 967. The molecule has 8 heteroatoms. The maximum atomic E-state index is 14.0. The summed E-state index contributed by atoms with van der Waals surface area (Å²) in [6.45, 7) is 7.90. The predicted molar refractivity (Wildman–Crippen MR) is 111 cm³/mol. The van der Waals surface area contributed by atoms with Crippen LogP contribution >= 0.6 is 0 Å². The third kappa shape index (κ3) is 4.33. The summed E-state index contributed by atoms with van der Waals surface area (Å²) in [6, 6.07) is 7.02.